The van der Waals surface area contributed by atoms with Crippen molar-refractivity contribution in [2.75, 3.05) is 26.8 Å². The van der Waals surface area contributed by atoms with E-state index < -0.39 is 15.9 Å². The van der Waals surface area contributed by atoms with Crippen LogP contribution in [-0.4, -0.2) is 45.5 Å². The van der Waals surface area contributed by atoms with E-state index in [2.05, 4.69) is 15.9 Å². The number of esters is 1. The number of nitrogens with zero attached hydrogens (tertiary/aromatic N) is 1. The van der Waals surface area contributed by atoms with Crippen LogP contribution >= 0.6 is 15.9 Å². The minimum Gasteiger partial charge on any atom is -0.496 e. The van der Waals surface area contributed by atoms with Gasteiger partial charge in [-0.05, 0) is 47.8 Å². The van der Waals surface area contributed by atoms with Crippen LogP contribution in [0.25, 0.3) is 0 Å². The molecule has 0 saturated carbocycles. The van der Waals surface area contributed by atoms with Crippen LogP contribution in [0.5, 0.6) is 5.75 Å². The lowest BCUT2D eigenvalue weighted by Crippen LogP contribution is -2.42. The van der Waals surface area contributed by atoms with Gasteiger partial charge in [-0.15, -0.1) is 0 Å². The first-order valence-corrected chi connectivity index (χ1v) is 9.63. The molecule has 0 aromatic heterocycles. The Hall–Kier alpha value is -1.12. The summed E-state index contributed by atoms with van der Waals surface area (Å²) in [6.45, 7) is 2.59. The number of piperidine rings is 1. The molecule has 2 rings (SSSR count). The molecule has 1 saturated heterocycles. The van der Waals surface area contributed by atoms with Gasteiger partial charge in [0.25, 0.3) is 0 Å². The van der Waals surface area contributed by atoms with Gasteiger partial charge in [0.1, 0.15) is 5.75 Å². The molecule has 0 spiro atoms. The van der Waals surface area contributed by atoms with Gasteiger partial charge in [0.05, 0.1) is 29.0 Å². The summed E-state index contributed by atoms with van der Waals surface area (Å²) in [5.41, 5.74) is 0. The van der Waals surface area contributed by atoms with E-state index in [-0.39, 0.29) is 17.4 Å². The maximum absolute atomic E-state index is 12.8. The van der Waals surface area contributed by atoms with Crippen molar-refractivity contribution in [1.82, 2.24) is 4.31 Å². The summed E-state index contributed by atoms with van der Waals surface area (Å²) in [5.74, 6) is -0.290. The third kappa shape index (κ3) is 4.05. The van der Waals surface area contributed by atoms with E-state index in [4.69, 9.17) is 9.47 Å². The lowest BCUT2D eigenvalue weighted by atomic mass is 10.0. The lowest BCUT2D eigenvalue weighted by Gasteiger charge is -2.30. The van der Waals surface area contributed by atoms with Crippen molar-refractivity contribution < 1.29 is 22.7 Å². The highest BCUT2D eigenvalue weighted by molar-refractivity contribution is 9.10. The molecule has 1 atom stereocenters. The number of ether oxygens (including phenoxy) is 2. The fraction of sp³-hybridized carbons (Fsp3) is 0.533. The molecule has 0 bridgehead atoms. The first-order chi connectivity index (χ1) is 10.9. The van der Waals surface area contributed by atoms with E-state index in [1.54, 1.807) is 13.0 Å². The van der Waals surface area contributed by atoms with Gasteiger partial charge in [-0.3, -0.25) is 4.79 Å². The first-order valence-electron chi connectivity index (χ1n) is 7.40. The number of methoxy groups -OCH3 is 1. The Labute approximate surface area is 144 Å². The molecule has 1 heterocycles. The average molecular weight is 406 g/mol. The third-order valence-electron chi connectivity index (χ3n) is 3.76. The number of rotatable bonds is 5. The molecule has 1 aromatic carbocycles. The number of halogens is 1. The SMILES string of the molecule is CCOC(=O)[C@H]1CCCN(S(=O)(=O)c2ccc(Br)c(OC)c2)C1. The second-order valence-corrected chi connectivity index (χ2v) is 8.04. The van der Waals surface area contributed by atoms with Gasteiger partial charge >= 0.3 is 5.97 Å². The van der Waals surface area contributed by atoms with E-state index in [9.17, 15) is 13.2 Å². The molecule has 1 aromatic rings. The monoisotopic (exact) mass is 405 g/mol. The standard InChI is InChI=1S/C15H20BrNO5S/c1-3-22-15(18)11-5-4-8-17(10-11)23(19,20)12-6-7-13(16)14(9-12)21-2/h6-7,9,11H,3-5,8,10H2,1-2H3/t11-/m0/s1. The Kier molecular flexibility index (Phi) is 6.05. The molecule has 0 amide bonds. The van der Waals surface area contributed by atoms with Crippen LogP contribution in [0.4, 0.5) is 0 Å². The fourth-order valence-corrected chi connectivity index (χ4v) is 4.51. The van der Waals surface area contributed by atoms with Crippen LogP contribution in [0, 0.1) is 5.92 Å². The molecule has 0 radical (unpaired) electrons. The van der Waals surface area contributed by atoms with Gasteiger partial charge in [0.15, 0.2) is 0 Å². The predicted octanol–water partition coefficient (Wildman–Crippen LogP) is 2.42. The van der Waals surface area contributed by atoms with Crippen LogP contribution in [0.15, 0.2) is 27.6 Å². The minimum absolute atomic E-state index is 0.152. The number of sulfonamides is 1. The van der Waals surface area contributed by atoms with Crippen LogP contribution in [0.3, 0.4) is 0 Å². The van der Waals surface area contributed by atoms with Gasteiger partial charge in [0.2, 0.25) is 10.0 Å². The van der Waals surface area contributed by atoms with Gasteiger partial charge < -0.3 is 9.47 Å². The highest BCUT2D eigenvalue weighted by atomic mass is 79.9. The summed E-state index contributed by atoms with van der Waals surface area (Å²) < 4.78 is 37.8. The Morgan fingerprint density at radius 3 is 2.83 bits per heavy atom. The van der Waals surface area contributed by atoms with E-state index in [0.29, 0.717) is 36.2 Å². The van der Waals surface area contributed by atoms with Crippen LogP contribution in [0.2, 0.25) is 0 Å². The smallest absolute Gasteiger partial charge is 0.310 e. The molecule has 1 aliphatic rings. The van der Waals surface area contributed by atoms with Gasteiger partial charge in [-0.25, -0.2) is 8.42 Å². The molecule has 0 aliphatic carbocycles. The van der Waals surface area contributed by atoms with E-state index >= 15 is 0 Å². The van der Waals surface area contributed by atoms with Crippen molar-refractivity contribution in [3.05, 3.63) is 22.7 Å². The maximum Gasteiger partial charge on any atom is 0.310 e. The Morgan fingerprint density at radius 2 is 2.17 bits per heavy atom. The molecular weight excluding hydrogens is 386 g/mol. The number of hydrogen-bond acceptors (Lipinski definition) is 5. The summed E-state index contributed by atoms with van der Waals surface area (Å²) in [6, 6.07) is 4.64. The molecule has 8 heteroatoms. The van der Waals surface area contributed by atoms with E-state index in [1.807, 2.05) is 0 Å². The summed E-state index contributed by atoms with van der Waals surface area (Å²) >= 11 is 3.30. The Morgan fingerprint density at radius 1 is 1.43 bits per heavy atom. The molecule has 0 N–H and O–H groups in total. The zero-order valence-corrected chi connectivity index (χ0v) is 15.5. The highest BCUT2D eigenvalue weighted by Crippen LogP contribution is 2.30. The van der Waals surface area contributed by atoms with Crippen molar-refractivity contribution in [1.29, 1.82) is 0 Å². The number of carbonyl (C=O) groups is 1. The van der Waals surface area contributed by atoms with Crippen molar-refractivity contribution in [3.63, 3.8) is 0 Å². The predicted molar refractivity (Wildman–Crippen MR) is 88.8 cm³/mol. The van der Waals surface area contributed by atoms with Gasteiger partial charge in [0, 0.05) is 19.2 Å². The molecule has 0 unspecified atom stereocenters. The second-order valence-electron chi connectivity index (χ2n) is 5.25. The molecule has 6 nitrogen and oxygen atoms in total. The fourth-order valence-electron chi connectivity index (χ4n) is 2.56. The van der Waals surface area contributed by atoms with Crippen LogP contribution in [0.1, 0.15) is 19.8 Å². The van der Waals surface area contributed by atoms with Crippen LogP contribution < -0.4 is 4.74 Å². The minimum atomic E-state index is -3.67. The van der Waals surface area contributed by atoms with E-state index in [1.165, 1.54) is 23.5 Å². The van der Waals surface area contributed by atoms with E-state index in [0.717, 1.165) is 0 Å². The second kappa shape index (κ2) is 7.63. The normalized spacial score (nSPS) is 19.3. The van der Waals surface area contributed by atoms with Crippen molar-refractivity contribution >= 4 is 31.9 Å². The van der Waals surface area contributed by atoms with Crippen molar-refractivity contribution in [2.24, 2.45) is 5.92 Å². The lowest BCUT2D eigenvalue weighted by molar-refractivity contribution is -0.149. The summed E-state index contributed by atoms with van der Waals surface area (Å²) in [6.07, 6.45) is 1.28. The third-order valence-corrected chi connectivity index (χ3v) is 6.28. The Bertz CT molecular complexity index is 676. The maximum atomic E-state index is 12.8. The number of hydrogen-bond donors (Lipinski definition) is 0. The highest BCUT2D eigenvalue weighted by Gasteiger charge is 2.34. The average Bonchev–Trinajstić information content (AvgIpc) is 2.55. The summed E-state index contributed by atoms with van der Waals surface area (Å²) in [5, 5.41) is 0. The number of carbonyl (C=O) groups excluding carboxylic acids is 1. The van der Waals surface area contributed by atoms with Crippen LogP contribution in [-0.2, 0) is 19.6 Å². The van der Waals surface area contributed by atoms with Gasteiger partial charge in [-0.1, -0.05) is 0 Å². The molecule has 128 valence electrons. The quantitative estimate of drug-likeness (QED) is 0.703. The number of benzene rings is 1. The molecule has 1 fully saturated rings. The molecule has 23 heavy (non-hydrogen) atoms. The van der Waals surface area contributed by atoms with Crippen molar-refractivity contribution in [3.8, 4) is 5.75 Å². The summed E-state index contributed by atoms with van der Waals surface area (Å²) in [7, 11) is -2.19. The molecular formula is C15H20BrNO5S. The molecule has 1 aliphatic heterocycles. The zero-order chi connectivity index (χ0) is 17.0. The van der Waals surface area contributed by atoms with Crippen molar-refractivity contribution in [2.45, 2.75) is 24.7 Å². The largest absolute Gasteiger partial charge is 0.496 e. The first kappa shape index (κ1) is 18.2. The van der Waals surface area contributed by atoms with Gasteiger partial charge in [-0.2, -0.15) is 4.31 Å². The zero-order valence-electron chi connectivity index (χ0n) is 13.1. The topological polar surface area (TPSA) is 72.9 Å². The summed E-state index contributed by atoms with van der Waals surface area (Å²) in [4.78, 5) is 12.0. The Balaban J connectivity index is 2.23.